The van der Waals surface area contributed by atoms with Crippen LogP contribution in [0, 0.1) is 0 Å². The number of nitrogens with zero attached hydrogens (tertiary/aromatic N) is 2. The second kappa shape index (κ2) is 10.5. The van der Waals surface area contributed by atoms with E-state index in [1.807, 2.05) is 0 Å². The van der Waals surface area contributed by atoms with Gasteiger partial charge in [-0.15, -0.1) is 0 Å². The summed E-state index contributed by atoms with van der Waals surface area (Å²) in [7, 11) is 0. The highest BCUT2D eigenvalue weighted by atomic mass is 16.7. The van der Waals surface area contributed by atoms with E-state index in [0.29, 0.717) is 22.7 Å². The molecule has 10 heteroatoms. The predicted molar refractivity (Wildman–Crippen MR) is 128 cm³/mol. The molecule has 0 radical (unpaired) electrons. The van der Waals surface area contributed by atoms with Crippen LogP contribution in [0.3, 0.4) is 0 Å². The minimum absolute atomic E-state index is 0.0454. The molecule has 0 bridgehead atoms. The average molecular weight is 491 g/mol. The molecule has 2 N–H and O–H groups in total. The summed E-state index contributed by atoms with van der Waals surface area (Å²) in [6.45, 7) is -0.290. The number of aromatic nitrogens is 1. The Morgan fingerprint density at radius 1 is 1.06 bits per heavy atom. The molecule has 3 aromatic rings. The zero-order valence-electron chi connectivity index (χ0n) is 19.5. The molecular formula is C26H26N4O6. The molecule has 1 fully saturated rings. The molecule has 186 valence electrons. The molecule has 3 amide bonds. The van der Waals surface area contributed by atoms with E-state index in [1.54, 1.807) is 48.8 Å². The number of amides is 3. The zero-order valence-corrected chi connectivity index (χ0v) is 19.5. The molecule has 1 aliphatic carbocycles. The Balaban J connectivity index is 1.49. The first-order valence-corrected chi connectivity index (χ1v) is 11.8. The highest BCUT2D eigenvalue weighted by molar-refractivity contribution is 6.04. The van der Waals surface area contributed by atoms with Gasteiger partial charge < -0.3 is 24.5 Å². The Kier molecular flexibility index (Phi) is 6.83. The van der Waals surface area contributed by atoms with Crippen molar-refractivity contribution in [1.82, 2.24) is 15.6 Å². The Morgan fingerprint density at radius 3 is 2.64 bits per heavy atom. The van der Waals surface area contributed by atoms with Crippen LogP contribution in [0.1, 0.15) is 47.8 Å². The lowest BCUT2D eigenvalue weighted by molar-refractivity contribution is -0.126. The number of fused-ring (bicyclic) bond motifs is 1. The molecule has 10 nitrogen and oxygen atoms in total. The molecule has 0 spiro atoms. The van der Waals surface area contributed by atoms with Gasteiger partial charge in [-0.3, -0.25) is 24.3 Å². The van der Waals surface area contributed by atoms with Gasteiger partial charge in [-0.1, -0.05) is 18.9 Å². The molecule has 5 rings (SSSR count). The van der Waals surface area contributed by atoms with E-state index < -0.39 is 17.9 Å². The zero-order chi connectivity index (χ0) is 24.9. The van der Waals surface area contributed by atoms with Crippen molar-refractivity contribution in [3.05, 3.63) is 72.4 Å². The van der Waals surface area contributed by atoms with Crippen LogP contribution in [0.15, 0.2) is 65.5 Å². The first-order valence-electron chi connectivity index (χ1n) is 11.8. The normalized spacial score (nSPS) is 15.3. The third-order valence-corrected chi connectivity index (χ3v) is 6.26. The van der Waals surface area contributed by atoms with Gasteiger partial charge in [0.05, 0.1) is 12.8 Å². The van der Waals surface area contributed by atoms with Crippen molar-refractivity contribution >= 4 is 23.4 Å². The van der Waals surface area contributed by atoms with Gasteiger partial charge in [0, 0.05) is 35.8 Å². The molecule has 2 aliphatic rings. The first-order chi connectivity index (χ1) is 17.6. The summed E-state index contributed by atoms with van der Waals surface area (Å²) >= 11 is 0. The maximum atomic E-state index is 13.7. The molecule has 1 aliphatic heterocycles. The average Bonchev–Trinajstić information content (AvgIpc) is 3.68. The second-order valence-corrected chi connectivity index (χ2v) is 8.64. The minimum atomic E-state index is -1.02. The summed E-state index contributed by atoms with van der Waals surface area (Å²) in [6, 6.07) is 10.6. The van der Waals surface area contributed by atoms with Crippen LogP contribution in [-0.4, -0.2) is 42.1 Å². The molecular weight excluding hydrogens is 464 g/mol. The van der Waals surface area contributed by atoms with Gasteiger partial charge in [0.25, 0.3) is 5.91 Å². The van der Waals surface area contributed by atoms with Crippen molar-refractivity contribution in [2.24, 2.45) is 0 Å². The monoisotopic (exact) mass is 490 g/mol. The standard InChI is InChI=1S/C26H26N4O6/c31-23(15-28-25(32)21-8-4-12-34-21)30(19-9-10-20-22(13-19)36-16-35-20)24(17-5-3-11-27-14-17)26(33)29-18-6-1-2-7-18/h3-5,8-14,18,24H,1-2,6-7,15-16H2,(H,28,32)(H,29,33). The highest BCUT2D eigenvalue weighted by Gasteiger charge is 2.35. The maximum Gasteiger partial charge on any atom is 0.287 e. The topological polar surface area (TPSA) is 123 Å². The SMILES string of the molecule is O=C(NCC(=O)N(c1ccc2c(c1)OCO2)C(C(=O)NC1CCCC1)c1cccnc1)c1ccco1. The van der Waals surface area contributed by atoms with Gasteiger partial charge >= 0.3 is 0 Å². The van der Waals surface area contributed by atoms with E-state index in [0.717, 1.165) is 25.7 Å². The summed E-state index contributed by atoms with van der Waals surface area (Å²) in [5.41, 5.74) is 0.961. The van der Waals surface area contributed by atoms with Gasteiger partial charge in [0.15, 0.2) is 17.3 Å². The fraction of sp³-hybridized carbons (Fsp3) is 0.308. The number of benzene rings is 1. The highest BCUT2D eigenvalue weighted by Crippen LogP contribution is 2.38. The Hall–Kier alpha value is -4.34. The lowest BCUT2D eigenvalue weighted by atomic mass is 10.0. The van der Waals surface area contributed by atoms with Crippen molar-refractivity contribution in [3.8, 4) is 11.5 Å². The summed E-state index contributed by atoms with van der Waals surface area (Å²) < 4.78 is 16.0. The lowest BCUT2D eigenvalue weighted by Gasteiger charge is -2.32. The first kappa shape index (κ1) is 23.4. The second-order valence-electron chi connectivity index (χ2n) is 8.64. The third-order valence-electron chi connectivity index (χ3n) is 6.26. The molecule has 1 saturated carbocycles. The molecule has 0 saturated heterocycles. The molecule has 1 atom stereocenters. The number of hydrogen-bond acceptors (Lipinski definition) is 7. The van der Waals surface area contributed by atoms with E-state index in [1.165, 1.54) is 17.2 Å². The van der Waals surface area contributed by atoms with Crippen molar-refractivity contribution in [1.29, 1.82) is 0 Å². The quantitative estimate of drug-likeness (QED) is 0.498. The molecule has 1 aromatic carbocycles. The third kappa shape index (κ3) is 5.02. The van der Waals surface area contributed by atoms with Crippen LogP contribution in [0.25, 0.3) is 0 Å². The van der Waals surface area contributed by atoms with E-state index in [2.05, 4.69) is 15.6 Å². The van der Waals surface area contributed by atoms with Crippen molar-refractivity contribution in [3.63, 3.8) is 0 Å². The summed E-state index contributed by atoms with van der Waals surface area (Å²) in [4.78, 5) is 45.3. The molecule has 1 unspecified atom stereocenters. The predicted octanol–water partition coefficient (Wildman–Crippen LogP) is 2.97. The number of carbonyl (C=O) groups is 3. The van der Waals surface area contributed by atoms with E-state index in [-0.39, 0.29) is 31.0 Å². The van der Waals surface area contributed by atoms with Crippen LogP contribution in [-0.2, 0) is 9.59 Å². The molecule has 2 aromatic heterocycles. The van der Waals surface area contributed by atoms with Gasteiger partial charge in [-0.2, -0.15) is 0 Å². The Morgan fingerprint density at radius 2 is 1.89 bits per heavy atom. The fourth-order valence-corrected chi connectivity index (χ4v) is 4.51. The fourth-order valence-electron chi connectivity index (χ4n) is 4.51. The van der Waals surface area contributed by atoms with Crippen LogP contribution >= 0.6 is 0 Å². The number of nitrogens with one attached hydrogen (secondary N) is 2. The Bertz CT molecular complexity index is 1220. The minimum Gasteiger partial charge on any atom is -0.459 e. The summed E-state index contributed by atoms with van der Waals surface area (Å²) in [6.07, 6.45) is 8.42. The van der Waals surface area contributed by atoms with E-state index in [4.69, 9.17) is 13.9 Å². The summed E-state index contributed by atoms with van der Waals surface area (Å²) in [5, 5.41) is 5.68. The van der Waals surface area contributed by atoms with Crippen molar-refractivity contribution in [2.45, 2.75) is 37.8 Å². The van der Waals surface area contributed by atoms with Gasteiger partial charge in [0.2, 0.25) is 18.6 Å². The largest absolute Gasteiger partial charge is 0.459 e. The van der Waals surface area contributed by atoms with Gasteiger partial charge in [-0.05, 0) is 43.2 Å². The number of rotatable bonds is 8. The van der Waals surface area contributed by atoms with Crippen LogP contribution in [0.2, 0.25) is 0 Å². The van der Waals surface area contributed by atoms with Crippen LogP contribution in [0.4, 0.5) is 5.69 Å². The van der Waals surface area contributed by atoms with E-state index in [9.17, 15) is 14.4 Å². The van der Waals surface area contributed by atoms with Crippen molar-refractivity contribution < 1.29 is 28.3 Å². The van der Waals surface area contributed by atoms with Crippen LogP contribution in [0.5, 0.6) is 11.5 Å². The molecule has 3 heterocycles. The Labute approximate surface area is 207 Å². The summed E-state index contributed by atoms with van der Waals surface area (Å²) in [5.74, 6) is -0.258. The maximum absolute atomic E-state index is 13.7. The number of furan rings is 1. The number of anilines is 1. The number of carbonyl (C=O) groups excluding carboxylic acids is 3. The van der Waals surface area contributed by atoms with Crippen LogP contribution < -0.4 is 25.0 Å². The lowest BCUT2D eigenvalue weighted by Crippen LogP contribution is -2.49. The number of hydrogen-bond donors (Lipinski definition) is 2. The number of pyridine rings is 1. The van der Waals surface area contributed by atoms with Crippen molar-refractivity contribution in [2.75, 3.05) is 18.2 Å². The smallest absolute Gasteiger partial charge is 0.287 e. The van der Waals surface area contributed by atoms with Gasteiger partial charge in [-0.25, -0.2) is 0 Å². The van der Waals surface area contributed by atoms with E-state index >= 15 is 0 Å². The molecule has 36 heavy (non-hydrogen) atoms. The van der Waals surface area contributed by atoms with Gasteiger partial charge in [0.1, 0.15) is 6.04 Å². The number of ether oxygens (including phenoxy) is 2.